The van der Waals surface area contributed by atoms with E-state index in [-0.39, 0.29) is 52.5 Å². The van der Waals surface area contributed by atoms with Crippen molar-refractivity contribution in [3.63, 3.8) is 0 Å². The summed E-state index contributed by atoms with van der Waals surface area (Å²) >= 11 is 6.95. The number of methoxy groups -OCH3 is 1. The van der Waals surface area contributed by atoms with Crippen LogP contribution in [0.1, 0.15) is 26.5 Å². The van der Waals surface area contributed by atoms with E-state index >= 15 is 0 Å². The van der Waals surface area contributed by atoms with Gasteiger partial charge in [-0.05, 0) is 42.3 Å². The van der Waals surface area contributed by atoms with Crippen LogP contribution >= 0.6 is 22.9 Å². The zero-order chi connectivity index (χ0) is 28.9. The van der Waals surface area contributed by atoms with Crippen molar-refractivity contribution in [3.05, 3.63) is 81.3 Å². The normalized spacial score (nSPS) is 16.8. The predicted octanol–water partition coefficient (Wildman–Crippen LogP) is 3.71. The van der Waals surface area contributed by atoms with Gasteiger partial charge in [0.1, 0.15) is 24.2 Å². The van der Waals surface area contributed by atoms with Crippen molar-refractivity contribution in [2.24, 2.45) is 0 Å². The van der Waals surface area contributed by atoms with Crippen LogP contribution in [0.15, 0.2) is 54.6 Å². The van der Waals surface area contributed by atoms with Crippen molar-refractivity contribution < 1.29 is 27.8 Å². The number of nitrogens with one attached hydrogen (secondary N) is 2. The van der Waals surface area contributed by atoms with Crippen molar-refractivity contribution in [1.82, 2.24) is 20.5 Å². The first-order valence-corrected chi connectivity index (χ1v) is 13.3. The second-order valence-corrected chi connectivity index (χ2v) is 10.0. The fourth-order valence-electron chi connectivity index (χ4n) is 4.00. The van der Waals surface area contributed by atoms with Crippen molar-refractivity contribution >= 4 is 51.3 Å². The number of hydrogen-bond acceptors (Lipinski definition) is 9. The number of pyridine rings is 1. The average Bonchev–Trinajstić information content (AvgIpc) is 3.43. The van der Waals surface area contributed by atoms with Crippen molar-refractivity contribution in [2.75, 3.05) is 37.1 Å². The number of dihydropyridines is 1. The molecular formula is C27H21ClF2N6O4S. The summed E-state index contributed by atoms with van der Waals surface area (Å²) in [6.07, 6.45) is 1.13. The molecule has 1 unspecified atom stereocenters. The lowest BCUT2D eigenvalue weighted by atomic mass is 9.95. The maximum absolute atomic E-state index is 13.6. The number of aromatic nitrogens is 3. The Morgan fingerprint density at radius 2 is 2.10 bits per heavy atom. The number of morpholine rings is 1. The van der Waals surface area contributed by atoms with Gasteiger partial charge >= 0.3 is 0 Å². The maximum Gasteiger partial charge on any atom is 0.261 e. The molecule has 2 aromatic heterocycles. The first-order chi connectivity index (χ1) is 19.8. The number of rotatable bonds is 6. The first kappa shape index (κ1) is 28.2. The van der Waals surface area contributed by atoms with Gasteiger partial charge in [-0.3, -0.25) is 19.8 Å². The lowest BCUT2D eigenvalue weighted by Crippen LogP contribution is -2.42. The fourth-order valence-corrected chi connectivity index (χ4v) is 4.72. The topological polar surface area (TPSA) is 119 Å². The Kier molecular flexibility index (Phi) is 8.53. The molecule has 2 N–H and O–H groups in total. The number of carbonyl (C=O) groups excluding carboxylic acids is 2. The zero-order valence-corrected chi connectivity index (χ0v) is 22.9. The van der Waals surface area contributed by atoms with E-state index in [9.17, 15) is 18.4 Å². The van der Waals surface area contributed by atoms with Gasteiger partial charge in [0.05, 0.1) is 25.8 Å². The summed E-state index contributed by atoms with van der Waals surface area (Å²) in [4.78, 5) is 31.6. The van der Waals surface area contributed by atoms with E-state index in [0.717, 1.165) is 16.9 Å². The number of anilines is 2. The quantitative estimate of drug-likeness (QED) is 0.412. The van der Waals surface area contributed by atoms with Crippen LogP contribution in [0.3, 0.4) is 0 Å². The number of halogens is 3. The lowest BCUT2D eigenvalue weighted by molar-refractivity contribution is -0.125. The molecule has 1 aromatic carbocycles. The Labute approximate surface area is 242 Å². The highest BCUT2D eigenvalue weighted by Gasteiger charge is 2.29. The van der Waals surface area contributed by atoms with Crippen molar-refractivity contribution in [1.29, 1.82) is 0 Å². The second kappa shape index (κ2) is 12.4. The Hall–Kier alpha value is -4.38. The molecule has 1 saturated heterocycles. The molecule has 210 valence electrons. The van der Waals surface area contributed by atoms with Gasteiger partial charge in [-0.1, -0.05) is 28.9 Å². The van der Waals surface area contributed by atoms with E-state index in [2.05, 4.69) is 37.7 Å². The summed E-state index contributed by atoms with van der Waals surface area (Å²) in [7, 11) is 1.38. The van der Waals surface area contributed by atoms with Gasteiger partial charge in [-0.25, -0.2) is 13.8 Å². The third-order valence-corrected chi connectivity index (χ3v) is 7.01. The SMILES string of the molecule is COC1=CNC(C(F)F)C=C1c1cc(N2CCOCC2=O)ncc1C(=O)Nc1nnc(C#Cc2ccc(Cl)cc2)s1. The van der Waals surface area contributed by atoms with E-state index in [4.69, 9.17) is 21.1 Å². The third-order valence-electron chi connectivity index (χ3n) is 6.00. The van der Waals surface area contributed by atoms with Crippen LogP contribution in [0.2, 0.25) is 5.02 Å². The Bertz CT molecular complexity index is 1600. The van der Waals surface area contributed by atoms with E-state index < -0.39 is 18.4 Å². The summed E-state index contributed by atoms with van der Waals surface area (Å²) in [6, 6.07) is 7.13. The highest BCUT2D eigenvalue weighted by Crippen LogP contribution is 2.33. The molecule has 2 aliphatic rings. The summed E-state index contributed by atoms with van der Waals surface area (Å²) in [5.41, 5.74) is 1.24. The van der Waals surface area contributed by atoms with Gasteiger partial charge in [0.25, 0.3) is 18.2 Å². The van der Waals surface area contributed by atoms with Gasteiger partial charge in [0.15, 0.2) is 5.01 Å². The number of alkyl halides is 2. The van der Waals surface area contributed by atoms with Gasteiger partial charge in [-0.2, -0.15) is 0 Å². The fraction of sp³-hybridized carbons (Fsp3) is 0.222. The van der Waals surface area contributed by atoms with Crippen LogP contribution in [0, 0.1) is 11.8 Å². The van der Waals surface area contributed by atoms with Gasteiger partial charge in [0, 0.05) is 34.1 Å². The molecule has 4 heterocycles. The van der Waals surface area contributed by atoms with E-state index in [0.29, 0.717) is 16.6 Å². The minimum absolute atomic E-state index is 0.0440. The number of hydrogen-bond donors (Lipinski definition) is 2. The van der Waals surface area contributed by atoms with Gasteiger partial charge in [-0.15, -0.1) is 10.2 Å². The number of amides is 2. The predicted molar refractivity (Wildman–Crippen MR) is 149 cm³/mol. The molecule has 0 radical (unpaired) electrons. The van der Waals surface area contributed by atoms with Crippen LogP contribution in [0.5, 0.6) is 0 Å². The molecule has 3 aromatic rings. The molecule has 41 heavy (non-hydrogen) atoms. The Morgan fingerprint density at radius 1 is 1.29 bits per heavy atom. The molecule has 0 bridgehead atoms. The molecule has 14 heteroatoms. The molecule has 0 aliphatic carbocycles. The van der Waals surface area contributed by atoms with Crippen molar-refractivity contribution in [2.45, 2.75) is 12.5 Å². The van der Waals surface area contributed by atoms with Crippen LogP contribution < -0.4 is 15.5 Å². The summed E-state index contributed by atoms with van der Waals surface area (Å²) < 4.78 is 37.9. The minimum atomic E-state index is -2.73. The van der Waals surface area contributed by atoms with Gasteiger partial charge < -0.3 is 14.8 Å². The van der Waals surface area contributed by atoms with E-state index in [1.807, 2.05) is 0 Å². The smallest absolute Gasteiger partial charge is 0.261 e. The molecule has 1 fully saturated rings. The van der Waals surface area contributed by atoms with Crippen LogP contribution in [0.4, 0.5) is 19.7 Å². The second-order valence-electron chi connectivity index (χ2n) is 8.63. The van der Waals surface area contributed by atoms with Crippen LogP contribution in [-0.4, -0.2) is 66.3 Å². The number of carbonyl (C=O) groups is 2. The molecule has 0 saturated carbocycles. The van der Waals surface area contributed by atoms with E-state index in [1.165, 1.54) is 36.5 Å². The van der Waals surface area contributed by atoms with E-state index in [1.54, 1.807) is 24.3 Å². The standard InChI is InChI=1S/C27H21ClF2N6O4S/c1-39-21-13-31-20(25(29)30)10-18(21)17-11-22(36-8-9-40-14-24(36)37)32-12-19(17)26(38)33-27-35-34-23(41-27)7-4-15-2-5-16(28)6-3-15/h2-3,5-6,10-13,20,25,31H,8-9,14H2,1H3,(H,33,35,38). The van der Waals surface area contributed by atoms with Crippen LogP contribution in [-0.2, 0) is 14.3 Å². The lowest BCUT2D eigenvalue weighted by Gasteiger charge is -2.28. The number of benzene rings is 1. The number of nitrogens with zero attached hydrogens (tertiary/aromatic N) is 4. The monoisotopic (exact) mass is 598 g/mol. The average molecular weight is 599 g/mol. The zero-order valence-electron chi connectivity index (χ0n) is 21.4. The third kappa shape index (κ3) is 6.51. The highest BCUT2D eigenvalue weighted by atomic mass is 35.5. The number of allylic oxidation sites excluding steroid dienone is 1. The Morgan fingerprint density at radius 3 is 2.83 bits per heavy atom. The summed E-state index contributed by atoms with van der Waals surface area (Å²) in [5.74, 6) is 5.35. The maximum atomic E-state index is 13.6. The minimum Gasteiger partial charge on any atom is -0.495 e. The van der Waals surface area contributed by atoms with Gasteiger partial charge in [0.2, 0.25) is 5.13 Å². The molecule has 5 rings (SSSR count). The Balaban J connectivity index is 1.47. The summed E-state index contributed by atoms with van der Waals surface area (Å²) in [5, 5.41) is 14.3. The first-order valence-electron chi connectivity index (χ1n) is 12.1. The number of ether oxygens (including phenoxy) is 2. The molecule has 2 aliphatic heterocycles. The summed E-state index contributed by atoms with van der Waals surface area (Å²) in [6.45, 7) is 0.423. The largest absolute Gasteiger partial charge is 0.495 e. The molecule has 1 atom stereocenters. The highest BCUT2D eigenvalue weighted by molar-refractivity contribution is 7.15. The molecular weight excluding hydrogens is 578 g/mol. The van der Waals surface area contributed by atoms with Crippen molar-refractivity contribution in [3.8, 4) is 11.8 Å². The molecule has 2 amide bonds. The van der Waals surface area contributed by atoms with Crippen LogP contribution in [0.25, 0.3) is 5.57 Å². The molecule has 0 spiro atoms. The molecule has 10 nitrogen and oxygen atoms in total.